The molecule has 114 valence electrons. The molecule has 0 amide bonds. The summed E-state index contributed by atoms with van der Waals surface area (Å²) in [4.78, 5) is 12.2. The molecule has 1 aromatic rings. The fraction of sp³-hybridized carbons (Fsp3) is 0.571. The van der Waals surface area contributed by atoms with Gasteiger partial charge in [-0.25, -0.2) is 4.79 Å². The number of nitrogen functional groups attached to an aromatic ring is 1. The largest absolute Gasteiger partial charge is 0.465 e. The fourth-order valence-corrected chi connectivity index (χ4v) is 3.47. The Morgan fingerprint density at radius 3 is 3.05 bits per heavy atom. The summed E-state index contributed by atoms with van der Waals surface area (Å²) in [5, 5.41) is 12.9. The highest BCUT2D eigenvalue weighted by atomic mass is 32.1. The van der Waals surface area contributed by atoms with E-state index in [2.05, 4.69) is 12.2 Å². The molecule has 0 aliphatic carbocycles. The third-order valence-electron chi connectivity index (χ3n) is 3.71. The van der Waals surface area contributed by atoms with E-state index in [9.17, 15) is 4.79 Å². The molecule has 0 saturated carbocycles. The SMILES string of the molecule is CCC1OCCC1CNc1sc(C#N)c(N)c1C(=O)OC. The second-order valence-corrected chi connectivity index (χ2v) is 5.92. The number of esters is 1. The number of rotatable bonds is 5. The van der Waals surface area contributed by atoms with Crippen molar-refractivity contribution in [2.45, 2.75) is 25.9 Å². The Labute approximate surface area is 127 Å². The van der Waals surface area contributed by atoms with Gasteiger partial charge in [-0.3, -0.25) is 0 Å². The Morgan fingerprint density at radius 1 is 1.67 bits per heavy atom. The van der Waals surface area contributed by atoms with Crippen LogP contribution in [0.5, 0.6) is 0 Å². The topological polar surface area (TPSA) is 97.4 Å². The molecule has 7 heteroatoms. The third kappa shape index (κ3) is 3.12. The van der Waals surface area contributed by atoms with Gasteiger partial charge in [0.2, 0.25) is 0 Å². The quantitative estimate of drug-likeness (QED) is 0.809. The highest BCUT2D eigenvalue weighted by Gasteiger charge is 2.28. The molecule has 2 rings (SSSR count). The lowest BCUT2D eigenvalue weighted by molar-refractivity contribution is 0.0603. The van der Waals surface area contributed by atoms with Gasteiger partial charge < -0.3 is 20.5 Å². The first kappa shape index (κ1) is 15.6. The van der Waals surface area contributed by atoms with Crippen molar-refractivity contribution in [2.75, 3.05) is 31.3 Å². The predicted molar refractivity (Wildman–Crippen MR) is 81.4 cm³/mol. The first-order chi connectivity index (χ1) is 10.1. The number of nitrogens with two attached hydrogens (primary N) is 1. The van der Waals surface area contributed by atoms with Crippen molar-refractivity contribution >= 4 is 28.0 Å². The van der Waals surface area contributed by atoms with Crippen LogP contribution in [0.15, 0.2) is 0 Å². The maximum absolute atomic E-state index is 11.8. The van der Waals surface area contributed by atoms with Gasteiger partial charge in [-0.2, -0.15) is 5.26 Å². The molecule has 0 spiro atoms. The first-order valence-corrected chi connectivity index (χ1v) is 7.70. The average Bonchev–Trinajstić information content (AvgIpc) is 3.08. The van der Waals surface area contributed by atoms with E-state index in [1.54, 1.807) is 0 Å². The van der Waals surface area contributed by atoms with Gasteiger partial charge in [0.25, 0.3) is 0 Å². The summed E-state index contributed by atoms with van der Waals surface area (Å²) in [7, 11) is 1.30. The number of carbonyl (C=O) groups excluding carboxylic acids is 1. The van der Waals surface area contributed by atoms with Crippen LogP contribution in [0.4, 0.5) is 10.7 Å². The molecule has 21 heavy (non-hydrogen) atoms. The van der Waals surface area contributed by atoms with E-state index >= 15 is 0 Å². The number of anilines is 2. The monoisotopic (exact) mass is 309 g/mol. The molecule has 2 unspecified atom stereocenters. The number of hydrogen-bond donors (Lipinski definition) is 2. The van der Waals surface area contributed by atoms with Gasteiger partial charge in [-0.15, -0.1) is 11.3 Å². The Morgan fingerprint density at radius 2 is 2.43 bits per heavy atom. The Balaban J connectivity index is 2.16. The summed E-state index contributed by atoms with van der Waals surface area (Å²) in [5.74, 6) is -0.128. The van der Waals surface area contributed by atoms with E-state index in [-0.39, 0.29) is 17.4 Å². The Hall–Kier alpha value is -1.78. The molecular formula is C14H19N3O3S. The van der Waals surface area contributed by atoms with E-state index < -0.39 is 5.97 Å². The van der Waals surface area contributed by atoms with Crippen LogP contribution in [0.1, 0.15) is 35.0 Å². The van der Waals surface area contributed by atoms with Gasteiger partial charge in [-0.05, 0) is 12.8 Å². The molecule has 0 bridgehead atoms. The standard InChI is InChI=1S/C14H19N3O3S/c1-3-9-8(4-5-20-9)7-17-13-11(14(18)19-2)12(16)10(6-15)21-13/h8-9,17H,3-5,7,16H2,1-2H3. The van der Waals surface area contributed by atoms with Gasteiger partial charge in [-0.1, -0.05) is 6.92 Å². The lowest BCUT2D eigenvalue weighted by Gasteiger charge is -2.17. The van der Waals surface area contributed by atoms with Crippen molar-refractivity contribution < 1.29 is 14.3 Å². The summed E-state index contributed by atoms with van der Waals surface area (Å²) in [6, 6.07) is 2.00. The zero-order valence-corrected chi connectivity index (χ0v) is 13.0. The molecule has 0 aromatic carbocycles. The minimum absolute atomic E-state index is 0.187. The zero-order chi connectivity index (χ0) is 15.4. The van der Waals surface area contributed by atoms with E-state index in [1.807, 2.05) is 6.07 Å². The molecule has 2 heterocycles. The average molecular weight is 309 g/mol. The molecule has 1 saturated heterocycles. The Kier molecular flexibility index (Phi) is 5.04. The van der Waals surface area contributed by atoms with Crippen LogP contribution in [-0.4, -0.2) is 32.3 Å². The van der Waals surface area contributed by atoms with Crippen molar-refractivity contribution in [1.82, 2.24) is 0 Å². The van der Waals surface area contributed by atoms with Crippen molar-refractivity contribution in [3.8, 4) is 6.07 Å². The number of ether oxygens (including phenoxy) is 2. The zero-order valence-electron chi connectivity index (χ0n) is 12.1. The maximum atomic E-state index is 11.8. The normalized spacial score (nSPS) is 21.0. The van der Waals surface area contributed by atoms with Crippen LogP contribution in [-0.2, 0) is 9.47 Å². The van der Waals surface area contributed by atoms with Gasteiger partial charge in [0.15, 0.2) is 0 Å². The molecule has 1 aliphatic rings. The minimum atomic E-state index is -0.525. The maximum Gasteiger partial charge on any atom is 0.343 e. The molecule has 2 atom stereocenters. The van der Waals surface area contributed by atoms with Crippen molar-refractivity contribution in [1.29, 1.82) is 5.26 Å². The number of thiophene rings is 1. The van der Waals surface area contributed by atoms with Gasteiger partial charge in [0.1, 0.15) is 21.5 Å². The smallest absolute Gasteiger partial charge is 0.343 e. The number of methoxy groups -OCH3 is 1. The molecule has 6 nitrogen and oxygen atoms in total. The lowest BCUT2D eigenvalue weighted by atomic mass is 10.00. The molecule has 1 fully saturated rings. The van der Waals surface area contributed by atoms with Gasteiger partial charge >= 0.3 is 5.97 Å². The van der Waals surface area contributed by atoms with Crippen LogP contribution in [0.3, 0.4) is 0 Å². The molecule has 0 radical (unpaired) electrons. The van der Waals surface area contributed by atoms with E-state index in [1.165, 1.54) is 18.4 Å². The summed E-state index contributed by atoms with van der Waals surface area (Å²) in [6.07, 6.45) is 2.20. The number of carbonyl (C=O) groups is 1. The number of nitrogens with zero attached hydrogens (tertiary/aromatic N) is 1. The highest BCUT2D eigenvalue weighted by molar-refractivity contribution is 7.17. The van der Waals surface area contributed by atoms with Gasteiger partial charge in [0.05, 0.1) is 18.9 Å². The highest BCUT2D eigenvalue weighted by Crippen LogP contribution is 2.36. The van der Waals surface area contributed by atoms with Crippen LogP contribution >= 0.6 is 11.3 Å². The fourth-order valence-electron chi connectivity index (χ4n) is 2.56. The first-order valence-electron chi connectivity index (χ1n) is 6.88. The molecular weight excluding hydrogens is 290 g/mol. The van der Waals surface area contributed by atoms with Crippen LogP contribution in [0.2, 0.25) is 0 Å². The van der Waals surface area contributed by atoms with Crippen molar-refractivity contribution in [2.24, 2.45) is 5.92 Å². The number of nitrogens with one attached hydrogen (secondary N) is 1. The third-order valence-corrected chi connectivity index (χ3v) is 4.78. The summed E-state index contributed by atoms with van der Waals surface area (Å²) in [5.41, 5.74) is 6.29. The lowest BCUT2D eigenvalue weighted by Crippen LogP contribution is -2.23. The van der Waals surface area contributed by atoms with E-state index in [0.29, 0.717) is 22.3 Å². The van der Waals surface area contributed by atoms with Crippen LogP contribution in [0, 0.1) is 17.2 Å². The second-order valence-electron chi connectivity index (χ2n) is 4.90. The van der Waals surface area contributed by atoms with Crippen LogP contribution in [0.25, 0.3) is 0 Å². The van der Waals surface area contributed by atoms with E-state index in [0.717, 1.165) is 19.4 Å². The minimum Gasteiger partial charge on any atom is -0.465 e. The predicted octanol–water partition coefficient (Wildman–Crippen LogP) is 2.22. The summed E-state index contributed by atoms with van der Waals surface area (Å²) < 4.78 is 10.4. The van der Waals surface area contributed by atoms with Gasteiger partial charge in [0, 0.05) is 19.1 Å². The van der Waals surface area contributed by atoms with Crippen LogP contribution < -0.4 is 11.1 Å². The number of nitriles is 1. The molecule has 1 aromatic heterocycles. The number of hydrogen-bond acceptors (Lipinski definition) is 7. The van der Waals surface area contributed by atoms with E-state index in [4.69, 9.17) is 20.5 Å². The molecule has 1 aliphatic heterocycles. The summed E-state index contributed by atoms with van der Waals surface area (Å²) >= 11 is 1.18. The van der Waals surface area contributed by atoms with Crippen molar-refractivity contribution in [3.05, 3.63) is 10.4 Å². The van der Waals surface area contributed by atoms with Crippen molar-refractivity contribution in [3.63, 3.8) is 0 Å². The Bertz CT molecular complexity index is 565. The second kappa shape index (κ2) is 6.78. The summed E-state index contributed by atoms with van der Waals surface area (Å²) in [6.45, 7) is 3.55. The molecule has 3 N–H and O–H groups in total.